The van der Waals surface area contributed by atoms with Gasteiger partial charge in [0.2, 0.25) is 0 Å². The number of ether oxygens (including phenoxy) is 1. The number of halogens is 1. The van der Waals surface area contributed by atoms with Crippen molar-refractivity contribution in [3.8, 4) is 5.75 Å². The molecule has 1 aromatic rings. The van der Waals surface area contributed by atoms with Crippen LogP contribution in [0.25, 0.3) is 0 Å². The third-order valence-corrected chi connectivity index (χ3v) is 1.95. The van der Waals surface area contributed by atoms with E-state index in [1.165, 1.54) is 0 Å². The Morgan fingerprint density at radius 2 is 2.46 bits per heavy atom. The van der Waals surface area contributed by atoms with E-state index in [0.29, 0.717) is 6.10 Å². The number of pyridine rings is 1. The van der Waals surface area contributed by atoms with Crippen LogP contribution in [0.4, 0.5) is 0 Å². The van der Waals surface area contributed by atoms with E-state index in [1.54, 1.807) is 12.4 Å². The Labute approximate surface area is 83.9 Å². The lowest BCUT2D eigenvalue weighted by molar-refractivity contribution is 0.222. The normalized spacial score (nSPS) is 20.8. The highest BCUT2D eigenvalue weighted by Crippen LogP contribution is 2.12. The van der Waals surface area contributed by atoms with E-state index in [4.69, 9.17) is 4.74 Å². The Kier molecular flexibility index (Phi) is 3.99. The van der Waals surface area contributed by atoms with Crippen molar-refractivity contribution in [2.75, 3.05) is 13.1 Å². The van der Waals surface area contributed by atoms with Crippen LogP contribution in [0.15, 0.2) is 24.5 Å². The van der Waals surface area contributed by atoms with Crippen molar-refractivity contribution in [1.29, 1.82) is 0 Å². The number of nitrogens with zero attached hydrogens (tertiary/aromatic N) is 1. The van der Waals surface area contributed by atoms with Crippen molar-refractivity contribution < 1.29 is 4.74 Å². The summed E-state index contributed by atoms with van der Waals surface area (Å²) in [5.41, 5.74) is 0. The van der Waals surface area contributed by atoms with E-state index in [1.807, 2.05) is 12.1 Å². The van der Waals surface area contributed by atoms with Gasteiger partial charge in [0.15, 0.2) is 0 Å². The molecule has 1 aromatic heterocycles. The van der Waals surface area contributed by atoms with Crippen molar-refractivity contribution in [2.45, 2.75) is 12.5 Å². The summed E-state index contributed by atoms with van der Waals surface area (Å²) in [6, 6.07) is 3.82. The van der Waals surface area contributed by atoms with Gasteiger partial charge in [0, 0.05) is 12.7 Å². The minimum absolute atomic E-state index is 0. The summed E-state index contributed by atoms with van der Waals surface area (Å²) >= 11 is 0. The maximum atomic E-state index is 5.65. The van der Waals surface area contributed by atoms with Crippen LogP contribution in [0.5, 0.6) is 5.75 Å². The lowest BCUT2D eigenvalue weighted by Gasteiger charge is -2.10. The lowest BCUT2D eigenvalue weighted by atomic mass is 10.3. The fraction of sp³-hybridized carbons (Fsp3) is 0.444. The first-order valence-corrected chi connectivity index (χ1v) is 4.22. The number of hydrogen-bond acceptors (Lipinski definition) is 3. The Bertz CT molecular complexity index is 237. The summed E-state index contributed by atoms with van der Waals surface area (Å²) in [6.07, 6.45) is 4.92. The molecule has 2 heterocycles. The van der Waals surface area contributed by atoms with Gasteiger partial charge in [0.05, 0.1) is 6.20 Å². The first-order valence-electron chi connectivity index (χ1n) is 4.22. The second-order valence-corrected chi connectivity index (χ2v) is 2.92. The molecule has 1 atom stereocenters. The summed E-state index contributed by atoms with van der Waals surface area (Å²) in [5.74, 6) is 0.867. The van der Waals surface area contributed by atoms with E-state index >= 15 is 0 Å². The van der Waals surface area contributed by atoms with Crippen LogP contribution in [0.1, 0.15) is 6.42 Å². The summed E-state index contributed by atoms with van der Waals surface area (Å²) in [4.78, 5) is 3.98. The second-order valence-electron chi connectivity index (χ2n) is 2.92. The van der Waals surface area contributed by atoms with Crippen molar-refractivity contribution in [2.24, 2.45) is 0 Å². The van der Waals surface area contributed by atoms with Gasteiger partial charge in [-0.05, 0) is 25.1 Å². The highest BCUT2D eigenvalue weighted by Gasteiger charge is 2.15. The number of hydrogen-bond donors (Lipinski definition) is 1. The molecule has 0 amide bonds. The van der Waals surface area contributed by atoms with Gasteiger partial charge in [0.1, 0.15) is 11.9 Å². The van der Waals surface area contributed by atoms with Crippen LogP contribution in [0.2, 0.25) is 0 Å². The zero-order valence-electron chi connectivity index (χ0n) is 7.27. The Morgan fingerprint density at radius 3 is 3.08 bits per heavy atom. The molecule has 72 valence electrons. The number of aromatic nitrogens is 1. The molecule has 0 radical (unpaired) electrons. The van der Waals surface area contributed by atoms with Crippen molar-refractivity contribution in [1.82, 2.24) is 10.3 Å². The topological polar surface area (TPSA) is 34.1 Å². The molecule has 4 heteroatoms. The van der Waals surface area contributed by atoms with Gasteiger partial charge in [-0.25, -0.2) is 0 Å². The average Bonchev–Trinajstić information content (AvgIpc) is 2.59. The molecular weight excluding hydrogens is 188 g/mol. The molecule has 2 rings (SSSR count). The third-order valence-electron chi connectivity index (χ3n) is 1.95. The molecule has 0 aliphatic carbocycles. The Balaban J connectivity index is 0.000000845. The van der Waals surface area contributed by atoms with Crippen LogP contribution in [-0.4, -0.2) is 24.2 Å². The number of nitrogens with one attached hydrogen (secondary N) is 1. The molecule has 13 heavy (non-hydrogen) atoms. The fourth-order valence-corrected chi connectivity index (χ4v) is 1.34. The fourth-order valence-electron chi connectivity index (χ4n) is 1.34. The molecule has 1 aliphatic rings. The third kappa shape index (κ3) is 2.86. The van der Waals surface area contributed by atoms with E-state index < -0.39 is 0 Å². The van der Waals surface area contributed by atoms with Gasteiger partial charge >= 0.3 is 0 Å². The predicted molar refractivity (Wildman–Crippen MR) is 53.4 cm³/mol. The van der Waals surface area contributed by atoms with Gasteiger partial charge in [-0.15, -0.1) is 12.4 Å². The smallest absolute Gasteiger partial charge is 0.138 e. The van der Waals surface area contributed by atoms with Gasteiger partial charge in [-0.1, -0.05) is 0 Å². The highest BCUT2D eigenvalue weighted by atomic mass is 35.5. The van der Waals surface area contributed by atoms with E-state index in [2.05, 4.69) is 10.3 Å². The minimum Gasteiger partial charge on any atom is -0.487 e. The van der Waals surface area contributed by atoms with Gasteiger partial charge in [0.25, 0.3) is 0 Å². The van der Waals surface area contributed by atoms with Crippen LogP contribution in [0.3, 0.4) is 0 Å². The van der Waals surface area contributed by atoms with Gasteiger partial charge < -0.3 is 10.1 Å². The first kappa shape index (κ1) is 10.3. The molecule has 1 aliphatic heterocycles. The molecule has 3 nitrogen and oxygen atoms in total. The number of rotatable bonds is 2. The monoisotopic (exact) mass is 200 g/mol. The SMILES string of the molecule is Cl.c1cncc(OC2CCNC2)c1. The maximum Gasteiger partial charge on any atom is 0.138 e. The van der Waals surface area contributed by atoms with Crippen molar-refractivity contribution >= 4 is 12.4 Å². The highest BCUT2D eigenvalue weighted by molar-refractivity contribution is 5.85. The van der Waals surface area contributed by atoms with E-state index in [9.17, 15) is 0 Å². The molecule has 0 saturated carbocycles. The molecular formula is C9H13ClN2O. The summed E-state index contributed by atoms with van der Waals surface area (Å²) in [7, 11) is 0. The average molecular weight is 201 g/mol. The first-order chi connectivity index (χ1) is 5.95. The summed E-state index contributed by atoms with van der Waals surface area (Å²) in [5, 5.41) is 3.25. The Morgan fingerprint density at radius 1 is 1.54 bits per heavy atom. The van der Waals surface area contributed by atoms with Crippen molar-refractivity contribution in [3.05, 3.63) is 24.5 Å². The zero-order valence-corrected chi connectivity index (χ0v) is 8.09. The quantitative estimate of drug-likeness (QED) is 0.780. The molecule has 0 aromatic carbocycles. The second kappa shape index (κ2) is 5.04. The largest absolute Gasteiger partial charge is 0.487 e. The molecule has 1 unspecified atom stereocenters. The molecule has 0 bridgehead atoms. The lowest BCUT2D eigenvalue weighted by Crippen LogP contribution is -2.19. The minimum atomic E-state index is 0. The van der Waals surface area contributed by atoms with E-state index in [-0.39, 0.29) is 12.4 Å². The maximum absolute atomic E-state index is 5.65. The van der Waals surface area contributed by atoms with Gasteiger partial charge in [-0.2, -0.15) is 0 Å². The van der Waals surface area contributed by atoms with Crippen molar-refractivity contribution in [3.63, 3.8) is 0 Å². The van der Waals surface area contributed by atoms with Crippen LogP contribution >= 0.6 is 12.4 Å². The molecule has 1 fully saturated rings. The van der Waals surface area contributed by atoms with Crippen LogP contribution < -0.4 is 10.1 Å². The zero-order chi connectivity index (χ0) is 8.23. The van der Waals surface area contributed by atoms with E-state index in [0.717, 1.165) is 25.3 Å². The van der Waals surface area contributed by atoms with Crippen LogP contribution in [-0.2, 0) is 0 Å². The summed E-state index contributed by atoms with van der Waals surface area (Å²) < 4.78 is 5.65. The predicted octanol–water partition coefficient (Wildman–Crippen LogP) is 1.24. The summed E-state index contributed by atoms with van der Waals surface area (Å²) in [6.45, 7) is 2.01. The molecule has 1 N–H and O–H groups in total. The molecule has 1 saturated heterocycles. The van der Waals surface area contributed by atoms with Crippen LogP contribution in [0, 0.1) is 0 Å². The standard InChI is InChI=1S/C9H12N2O.ClH/c1-2-8(6-10-4-1)12-9-3-5-11-7-9;/h1-2,4,6,9,11H,3,5,7H2;1H. The Hall–Kier alpha value is -0.800. The molecule has 0 spiro atoms. The van der Waals surface area contributed by atoms with Gasteiger partial charge in [-0.3, -0.25) is 4.98 Å².